The predicted octanol–water partition coefficient (Wildman–Crippen LogP) is 5.98. The summed E-state index contributed by atoms with van der Waals surface area (Å²) in [6, 6.07) is 9.10. The molecule has 0 unspecified atom stereocenters. The molecule has 4 aromatic rings. The fourth-order valence-electron chi connectivity index (χ4n) is 6.19. The van der Waals surface area contributed by atoms with Gasteiger partial charge in [0.2, 0.25) is 0 Å². The number of amides is 1. The van der Waals surface area contributed by atoms with Crippen molar-refractivity contribution in [3.8, 4) is 17.0 Å². The summed E-state index contributed by atoms with van der Waals surface area (Å²) in [5.74, 6) is 0.0672. The lowest BCUT2D eigenvalue weighted by Gasteiger charge is -2.38. The fraction of sp³-hybridized carbons (Fsp3) is 0.500. The number of carbonyl (C=O) groups is 1. The average molecular weight is 593 g/mol. The molecule has 1 atom stereocenters. The van der Waals surface area contributed by atoms with Crippen LogP contribution in [0.4, 0.5) is 4.39 Å². The van der Waals surface area contributed by atoms with Crippen molar-refractivity contribution >= 4 is 32.4 Å². The summed E-state index contributed by atoms with van der Waals surface area (Å²) < 4.78 is 35.6. The van der Waals surface area contributed by atoms with Gasteiger partial charge in [0.1, 0.15) is 11.6 Å². The van der Waals surface area contributed by atoms with Crippen LogP contribution in [0.5, 0.6) is 5.75 Å². The Morgan fingerprint density at radius 2 is 2.05 bits per heavy atom. The second-order valence-electron chi connectivity index (χ2n) is 12.0. The fourth-order valence-corrected chi connectivity index (χ4v) is 7.22. The molecule has 0 bridgehead atoms. The van der Waals surface area contributed by atoms with Crippen molar-refractivity contribution in [1.82, 2.24) is 19.6 Å². The highest BCUT2D eigenvalue weighted by Crippen LogP contribution is 2.37. The van der Waals surface area contributed by atoms with E-state index in [-0.39, 0.29) is 17.8 Å². The Balaban J connectivity index is 1.15. The van der Waals surface area contributed by atoms with Gasteiger partial charge in [-0.3, -0.25) is 9.20 Å². The van der Waals surface area contributed by atoms with Crippen LogP contribution in [0.3, 0.4) is 0 Å². The van der Waals surface area contributed by atoms with Crippen molar-refractivity contribution in [2.75, 3.05) is 46.0 Å². The van der Waals surface area contributed by atoms with Gasteiger partial charge in [0.05, 0.1) is 40.8 Å². The number of nitrogens with zero attached hydrogens (tertiary/aromatic N) is 3. The van der Waals surface area contributed by atoms with Crippen LogP contribution in [0.25, 0.3) is 26.4 Å². The Morgan fingerprint density at radius 3 is 2.79 bits per heavy atom. The number of halogens is 1. The molecule has 42 heavy (non-hydrogen) atoms. The molecule has 2 aromatic heterocycles. The Morgan fingerprint density at radius 1 is 1.19 bits per heavy atom. The molecule has 2 aromatic carbocycles. The minimum absolute atomic E-state index is 0.0367. The van der Waals surface area contributed by atoms with Crippen LogP contribution >= 0.6 is 11.3 Å². The van der Waals surface area contributed by atoms with E-state index < -0.39 is 5.60 Å². The average Bonchev–Trinajstić information content (AvgIpc) is 3.72. The molecule has 0 saturated carbocycles. The molecular weight excluding hydrogens is 555 g/mol. The van der Waals surface area contributed by atoms with Crippen LogP contribution in [0.2, 0.25) is 0 Å². The lowest BCUT2D eigenvalue weighted by atomic mass is 10.0. The zero-order valence-electron chi connectivity index (χ0n) is 24.0. The molecule has 10 heteroatoms. The maximum Gasteiger partial charge on any atom is 0.255 e. The molecule has 0 aliphatic carbocycles. The first kappa shape index (κ1) is 27.8. The van der Waals surface area contributed by atoms with Crippen molar-refractivity contribution in [1.29, 1.82) is 0 Å². The number of benzene rings is 2. The largest absolute Gasteiger partial charge is 0.482 e. The van der Waals surface area contributed by atoms with Gasteiger partial charge >= 0.3 is 0 Å². The number of thiazole rings is 1. The molecule has 3 aliphatic heterocycles. The molecule has 5 heterocycles. The third-order valence-electron chi connectivity index (χ3n) is 8.57. The Bertz CT molecular complexity index is 1600. The van der Waals surface area contributed by atoms with Gasteiger partial charge in [-0.15, -0.1) is 0 Å². The van der Waals surface area contributed by atoms with E-state index >= 15 is 4.39 Å². The van der Waals surface area contributed by atoms with E-state index in [1.807, 2.05) is 35.7 Å². The van der Waals surface area contributed by atoms with Crippen molar-refractivity contribution in [3.63, 3.8) is 0 Å². The van der Waals surface area contributed by atoms with Crippen molar-refractivity contribution in [2.45, 2.75) is 57.2 Å². The van der Waals surface area contributed by atoms with Crippen molar-refractivity contribution in [3.05, 3.63) is 53.5 Å². The van der Waals surface area contributed by atoms with Gasteiger partial charge in [0.25, 0.3) is 5.91 Å². The van der Waals surface area contributed by atoms with Crippen LogP contribution in [0.15, 0.2) is 36.5 Å². The summed E-state index contributed by atoms with van der Waals surface area (Å²) in [6.07, 6.45) is 8.49. The van der Waals surface area contributed by atoms with Crippen molar-refractivity contribution in [2.24, 2.45) is 0 Å². The standard InChI is InChI=1S/C32H37FN4O4S/c1-32(19-39-20-32)41-28-17-26-29(16-23(28)30(38)34-10-6-13-36-11-3-2-4-12-36)42-31-35-25(18-37(26)31)22-9-8-21(15-24(22)33)27-7-5-14-40-27/h8-9,15-18,27H,2-7,10-14,19-20H2,1H3,(H,34,38)/t27-/m0/s1. The van der Waals surface area contributed by atoms with E-state index in [4.69, 9.17) is 19.2 Å². The molecule has 3 saturated heterocycles. The maximum atomic E-state index is 15.2. The monoisotopic (exact) mass is 592 g/mol. The quantitative estimate of drug-likeness (QED) is 0.241. The van der Waals surface area contributed by atoms with Gasteiger partial charge in [-0.25, -0.2) is 9.37 Å². The Kier molecular flexibility index (Phi) is 7.64. The van der Waals surface area contributed by atoms with Gasteiger partial charge in [-0.05, 0) is 82.4 Å². The van der Waals surface area contributed by atoms with E-state index in [0.29, 0.717) is 42.3 Å². The zero-order chi connectivity index (χ0) is 28.7. The summed E-state index contributed by atoms with van der Waals surface area (Å²) >= 11 is 1.47. The molecular formula is C32H37FN4O4S. The van der Waals surface area contributed by atoms with Crippen LogP contribution in [-0.4, -0.2) is 71.8 Å². The number of likely N-dealkylation sites (tertiary alicyclic amines) is 1. The zero-order valence-corrected chi connectivity index (χ0v) is 24.8. The number of fused-ring (bicyclic) bond motifs is 3. The summed E-state index contributed by atoms with van der Waals surface area (Å²) in [5, 5.41) is 3.11. The predicted molar refractivity (Wildman–Crippen MR) is 161 cm³/mol. The van der Waals surface area contributed by atoms with E-state index in [1.165, 1.54) is 30.6 Å². The van der Waals surface area contributed by atoms with Crippen LogP contribution in [0.1, 0.15) is 67.5 Å². The highest BCUT2D eigenvalue weighted by molar-refractivity contribution is 7.23. The molecule has 1 amide bonds. The number of nitrogens with one attached hydrogen (secondary N) is 1. The van der Waals surface area contributed by atoms with E-state index in [0.717, 1.165) is 66.2 Å². The maximum absolute atomic E-state index is 15.2. The topological polar surface area (TPSA) is 77.3 Å². The number of hydrogen-bond acceptors (Lipinski definition) is 7. The summed E-state index contributed by atoms with van der Waals surface area (Å²) in [4.78, 5) is 21.4. The summed E-state index contributed by atoms with van der Waals surface area (Å²) in [7, 11) is 0. The van der Waals surface area contributed by atoms with E-state index in [9.17, 15) is 4.79 Å². The normalized spacial score (nSPS) is 20.7. The smallest absolute Gasteiger partial charge is 0.255 e. The van der Waals surface area contributed by atoms with E-state index in [2.05, 4.69) is 10.2 Å². The van der Waals surface area contributed by atoms with E-state index in [1.54, 1.807) is 12.1 Å². The summed E-state index contributed by atoms with van der Waals surface area (Å²) in [6.45, 7) is 7.56. The number of imidazole rings is 1. The number of piperidine rings is 1. The first-order valence-corrected chi connectivity index (χ1v) is 15.9. The molecule has 3 fully saturated rings. The third-order valence-corrected chi connectivity index (χ3v) is 9.58. The molecule has 1 N–H and O–H groups in total. The molecule has 0 radical (unpaired) electrons. The molecule has 0 spiro atoms. The lowest BCUT2D eigenvalue weighted by Crippen LogP contribution is -2.52. The molecule has 3 aliphatic rings. The van der Waals surface area contributed by atoms with Crippen molar-refractivity contribution < 1.29 is 23.4 Å². The highest BCUT2D eigenvalue weighted by atomic mass is 32.1. The second kappa shape index (κ2) is 11.6. The van der Waals surface area contributed by atoms with Crippen LogP contribution < -0.4 is 10.1 Å². The number of aromatic nitrogens is 2. The Labute approximate surface area is 248 Å². The number of rotatable bonds is 9. The molecule has 7 rings (SSSR count). The number of ether oxygens (including phenoxy) is 3. The van der Waals surface area contributed by atoms with Gasteiger partial charge in [-0.2, -0.15) is 0 Å². The number of carbonyl (C=O) groups excluding carboxylic acids is 1. The highest BCUT2D eigenvalue weighted by Gasteiger charge is 2.37. The second-order valence-corrected chi connectivity index (χ2v) is 13.0. The van der Waals surface area contributed by atoms with Gasteiger partial charge in [0.15, 0.2) is 10.6 Å². The molecule has 222 valence electrons. The van der Waals surface area contributed by atoms with Crippen LogP contribution in [0, 0.1) is 5.82 Å². The third kappa shape index (κ3) is 5.53. The first-order valence-electron chi connectivity index (χ1n) is 15.1. The Hall–Kier alpha value is -3.05. The first-order chi connectivity index (χ1) is 20.5. The SMILES string of the molecule is CC1(Oc2cc3c(cc2C(=O)NCCCN2CCCCC2)sc2nc(-c4ccc([C@@H]5CCCO5)cc4F)cn23)COC1. The van der Waals surface area contributed by atoms with Gasteiger partial charge in [-0.1, -0.05) is 23.8 Å². The summed E-state index contributed by atoms with van der Waals surface area (Å²) in [5.41, 5.74) is 2.78. The minimum Gasteiger partial charge on any atom is -0.482 e. The minimum atomic E-state index is -0.486. The van der Waals surface area contributed by atoms with Gasteiger partial charge in [0, 0.05) is 31.0 Å². The number of hydrogen-bond donors (Lipinski definition) is 1. The van der Waals surface area contributed by atoms with Crippen LogP contribution in [-0.2, 0) is 9.47 Å². The lowest BCUT2D eigenvalue weighted by molar-refractivity contribution is -0.150. The molecule has 8 nitrogen and oxygen atoms in total. The van der Waals surface area contributed by atoms with Gasteiger partial charge < -0.3 is 24.4 Å².